The molecule has 1 aliphatic heterocycles. The summed E-state index contributed by atoms with van der Waals surface area (Å²) < 4.78 is 27.1. The predicted molar refractivity (Wildman–Crippen MR) is 95.8 cm³/mol. The molecule has 0 radical (unpaired) electrons. The van der Waals surface area contributed by atoms with E-state index < -0.39 is 10.0 Å². The van der Waals surface area contributed by atoms with Crippen molar-refractivity contribution in [2.24, 2.45) is 0 Å². The van der Waals surface area contributed by atoms with E-state index in [9.17, 15) is 13.2 Å². The fourth-order valence-corrected chi connectivity index (χ4v) is 4.68. The zero-order valence-corrected chi connectivity index (χ0v) is 14.9. The number of hydrogen-bond donors (Lipinski definition) is 1. The Hall–Kier alpha value is -2.25. The molecule has 1 aromatic heterocycles. The van der Waals surface area contributed by atoms with Gasteiger partial charge >= 0.3 is 0 Å². The number of carbonyl (C=O) groups is 1. The maximum Gasteiger partial charge on any atom is 0.255 e. The van der Waals surface area contributed by atoms with Crippen molar-refractivity contribution in [2.75, 3.05) is 11.9 Å². The molecular weight excluding hydrogens is 338 g/mol. The normalized spacial score (nSPS) is 18.7. The van der Waals surface area contributed by atoms with E-state index in [1.807, 2.05) is 6.92 Å². The van der Waals surface area contributed by atoms with E-state index >= 15 is 0 Å². The highest BCUT2D eigenvalue weighted by molar-refractivity contribution is 7.89. The molecule has 7 heteroatoms. The molecule has 132 valence electrons. The molecule has 1 aliphatic rings. The molecule has 1 saturated heterocycles. The molecule has 6 nitrogen and oxygen atoms in total. The highest BCUT2D eigenvalue weighted by Crippen LogP contribution is 2.25. The second-order valence-electron chi connectivity index (χ2n) is 6.17. The SMILES string of the molecule is C[C@H]1CCCCN1S(=O)(=O)c1ccc(NC(=O)c2ccncc2)cc1. The third-order valence-electron chi connectivity index (χ3n) is 4.40. The molecule has 0 spiro atoms. The summed E-state index contributed by atoms with van der Waals surface area (Å²) in [5.41, 5.74) is 1.04. The van der Waals surface area contributed by atoms with E-state index in [2.05, 4.69) is 10.3 Å². The number of amides is 1. The molecule has 1 atom stereocenters. The van der Waals surface area contributed by atoms with Gasteiger partial charge in [0.25, 0.3) is 5.91 Å². The summed E-state index contributed by atoms with van der Waals surface area (Å²) >= 11 is 0. The van der Waals surface area contributed by atoms with Crippen LogP contribution in [0.15, 0.2) is 53.7 Å². The zero-order valence-electron chi connectivity index (χ0n) is 14.1. The van der Waals surface area contributed by atoms with Gasteiger partial charge in [-0.1, -0.05) is 6.42 Å². The second-order valence-corrected chi connectivity index (χ2v) is 8.07. The van der Waals surface area contributed by atoms with Crippen molar-refractivity contribution in [2.45, 2.75) is 37.1 Å². The molecule has 0 aliphatic carbocycles. The molecule has 3 rings (SSSR count). The minimum absolute atomic E-state index is 0.0184. The van der Waals surface area contributed by atoms with Crippen LogP contribution < -0.4 is 5.32 Å². The van der Waals surface area contributed by atoms with Crippen molar-refractivity contribution in [3.8, 4) is 0 Å². The van der Waals surface area contributed by atoms with Crippen LogP contribution in [0.4, 0.5) is 5.69 Å². The summed E-state index contributed by atoms with van der Waals surface area (Å²) in [5, 5.41) is 2.75. The fraction of sp³-hybridized carbons (Fsp3) is 0.333. The molecule has 1 aromatic carbocycles. The Kier molecular flexibility index (Phi) is 5.15. The minimum Gasteiger partial charge on any atom is -0.322 e. The summed E-state index contributed by atoms with van der Waals surface area (Å²) in [5.74, 6) is -0.261. The molecule has 1 amide bonds. The average Bonchev–Trinajstić information content (AvgIpc) is 2.63. The van der Waals surface area contributed by atoms with Gasteiger partial charge in [0.15, 0.2) is 0 Å². The Morgan fingerprint density at radius 3 is 2.44 bits per heavy atom. The van der Waals surface area contributed by atoms with Crippen LogP contribution in [-0.2, 0) is 10.0 Å². The number of sulfonamides is 1. The van der Waals surface area contributed by atoms with E-state index in [1.165, 1.54) is 0 Å². The number of nitrogens with one attached hydrogen (secondary N) is 1. The van der Waals surface area contributed by atoms with Gasteiger partial charge in [0.1, 0.15) is 0 Å². The molecule has 0 bridgehead atoms. The number of anilines is 1. The Morgan fingerprint density at radius 2 is 1.80 bits per heavy atom. The third-order valence-corrected chi connectivity index (χ3v) is 6.43. The Labute approximate surface area is 147 Å². The quantitative estimate of drug-likeness (QED) is 0.910. The standard InChI is InChI=1S/C18H21N3O3S/c1-14-4-2-3-13-21(14)25(23,24)17-7-5-16(6-8-17)20-18(22)15-9-11-19-12-10-15/h5-12,14H,2-4,13H2,1H3,(H,20,22)/t14-/m0/s1. The smallest absolute Gasteiger partial charge is 0.255 e. The van der Waals surface area contributed by atoms with Crippen LogP contribution in [0.5, 0.6) is 0 Å². The lowest BCUT2D eigenvalue weighted by Crippen LogP contribution is -2.41. The topological polar surface area (TPSA) is 79.4 Å². The first kappa shape index (κ1) is 17.6. The predicted octanol–water partition coefficient (Wildman–Crippen LogP) is 2.90. The van der Waals surface area contributed by atoms with Gasteiger partial charge in [0, 0.05) is 36.2 Å². The van der Waals surface area contributed by atoms with E-state index in [1.54, 1.807) is 53.1 Å². The summed E-state index contributed by atoms with van der Waals surface area (Å²) in [6.07, 6.45) is 5.94. The fourth-order valence-electron chi connectivity index (χ4n) is 2.98. The summed E-state index contributed by atoms with van der Waals surface area (Å²) in [7, 11) is -3.50. The van der Waals surface area contributed by atoms with Crippen molar-refractivity contribution >= 4 is 21.6 Å². The molecule has 2 heterocycles. The lowest BCUT2D eigenvalue weighted by atomic mass is 10.1. The molecule has 1 N–H and O–H groups in total. The Balaban J connectivity index is 1.74. The molecule has 25 heavy (non-hydrogen) atoms. The summed E-state index contributed by atoms with van der Waals surface area (Å²) in [4.78, 5) is 16.2. The van der Waals surface area contributed by atoms with Gasteiger partial charge in [0.2, 0.25) is 10.0 Å². The van der Waals surface area contributed by atoms with E-state index in [-0.39, 0.29) is 16.8 Å². The molecule has 0 unspecified atom stereocenters. The number of pyridine rings is 1. The number of benzene rings is 1. The molecule has 1 fully saturated rings. The van der Waals surface area contributed by atoms with E-state index in [0.717, 1.165) is 19.3 Å². The number of carbonyl (C=O) groups excluding carboxylic acids is 1. The molecule has 0 saturated carbocycles. The lowest BCUT2D eigenvalue weighted by molar-refractivity contribution is 0.102. The largest absolute Gasteiger partial charge is 0.322 e. The highest BCUT2D eigenvalue weighted by Gasteiger charge is 2.30. The average molecular weight is 359 g/mol. The first-order valence-electron chi connectivity index (χ1n) is 8.32. The van der Waals surface area contributed by atoms with Crippen molar-refractivity contribution < 1.29 is 13.2 Å². The van der Waals surface area contributed by atoms with Gasteiger partial charge in [-0.15, -0.1) is 0 Å². The van der Waals surface area contributed by atoms with Crippen LogP contribution >= 0.6 is 0 Å². The maximum atomic E-state index is 12.8. The van der Waals surface area contributed by atoms with Crippen LogP contribution in [-0.4, -0.2) is 36.2 Å². The van der Waals surface area contributed by atoms with E-state index in [0.29, 0.717) is 17.8 Å². The van der Waals surface area contributed by atoms with Crippen molar-refractivity contribution in [1.29, 1.82) is 0 Å². The third kappa shape index (κ3) is 3.88. The van der Waals surface area contributed by atoms with Gasteiger partial charge in [-0.3, -0.25) is 9.78 Å². The monoisotopic (exact) mass is 359 g/mol. The first-order chi connectivity index (χ1) is 12.0. The van der Waals surface area contributed by atoms with Crippen molar-refractivity contribution in [3.05, 3.63) is 54.4 Å². The van der Waals surface area contributed by atoms with Crippen LogP contribution in [0.3, 0.4) is 0 Å². The van der Waals surface area contributed by atoms with Gasteiger partial charge < -0.3 is 5.32 Å². The molecular formula is C18H21N3O3S. The van der Waals surface area contributed by atoms with Gasteiger partial charge in [-0.25, -0.2) is 8.42 Å². The van der Waals surface area contributed by atoms with Gasteiger partial charge in [-0.05, 0) is 56.2 Å². The second kappa shape index (κ2) is 7.33. The van der Waals surface area contributed by atoms with Gasteiger partial charge in [0.05, 0.1) is 4.90 Å². The van der Waals surface area contributed by atoms with Crippen LogP contribution in [0.1, 0.15) is 36.5 Å². The number of piperidine rings is 1. The number of rotatable bonds is 4. The number of nitrogens with zero attached hydrogens (tertiary/aromatic N) is 2. The Bertz CT molecular complexity index is 836. The highest BCUT2D eigenvalue weighted by atomic mass is 32.2. The zero-order chi connectivity index (χ0) is 17.9. The number of aromatic nitrogens is 1. The van der Waals surface area contributed by atoms with Crippen LogP contribution in [0, 0.1) is 0 Å². The summed E-state index contributed by atoms with van der Waals surface area (Å²) in [6.45, 7) is 2.50. The van der Waals surface area contributed by atoms with Gasteiger partial charge in [-0.2, -0.15) is 4.31 Å². The minimum atomic E-state index is -3.50. The molecule has 2 aromatic rings. The maximum absolute atomic E-state index is 12.8. The Morgan fingerprint density at radius 1 is 1.12 bits per heavy atom. The number of hydrogen-bond acceptors (Lipinski definition) is 4. The van der Waals surface area contributed by atoms with Crippen molar-refractivity contribution in [3.63, 3.8) is 0 Å². The van der Waals surface area contributed by atoms with Crippen LogP contribution in [0.2, 0.25) is 0 Å². The van der Waals surface area contributed by atoms with Crippen molar-refractivity contribution in [1.82, 2.24) is 9.29 Å². The summed E-state index contributed by atoms with van der Waals surface area (Å²) in [6, 6.07) is 9.56. The first-order valence-corrected chi connectivity index (χ1v) is 9.76. The lowest BCUT2D eigenvalue weighted by Gasteiger charge is -2.32. The van der Waals surface area contributed by atoms with E-state index in [4.69, 9.17) is 0 Å². The van der Waals surface area contributed by atoms with Crippen LogP contribution in [0.25, 0.3) is 0 Å².